The summed E-state index contributed by atoms with van der Waals surface area (Å²) in [5.74, 6) is -1.52. The van der Waals surface area contributed by atoms with Crippen molar-refractivity contribution in [3.8, 4) is 0 Å². The number of carbonyl (C=O) groups excluding carboxylic acids is 2. The lowest BCUT2D eigenvalue weighted by Crippen LogP contribution is -2.34. The third-order valence-electron chi connectivity index (χ3n) is 1.78. The van der Waals surface area contributed by atoms with E-state index in [0.717, 1.165) is 0 Å². The molecule has 0 aliphatic rings. The van der Waals surface area contributed by atoms with Gasteiger partial charge >= 0.3 is 11.9 Å². The van der Waals surface area contributed by atoms with Crippen molar-refractivity contribution in [1.29, 1.82) is 0 Å². The van der Waals surface area contributed by atoms with Crippen molar-refractivity contribution < 1.29 is 14.3 Å². The molecule has 0 aliphatic heterocycles. The van der Waals surface area contributed by atoms with E-state index < -0.39 is 11.9 Å². The van der Waals surface area contributed by atoms with Crippen LogP contribution in [0.2, 0.25) is 0 Å². The molecule has 1 amide bonds. The van der Waals surface area contributed by atoms with E-state index in [4.69, 9.17) is 0 Å². The maximum Gasteiger partial charge on any atom is 0.396 e. The van der Waals surface area contributed by atoms with E-state index in [0.29, 0.717) is 13.1 Å². The van der Waals surface area contributed by atoms with E-state index in [1.807, 2.05) is 29.1 Å². The van der Waals surface area contributed by atoms with Gasteiger partial charge in [-0.1, -0.05) is 0 Å². The summed E-state index contributed by atoms with van der Waals surface area (Å²) >= 11 is 0. The third-order valence-corrected chi connectivity index (χ3v) is 1.78. The lowest BCUT2D eigenvalue weighted by atomic mass is 10.5. The highest BCUT2D eigenvalue weighted by Gasteiger charge is 2.12. The van der Waals surface area contributed by atoms with Crippen molar-refractivity contribution in [3.63, 3.8) is 0 Å². The van der Waals surface area contributed by atoms with Crippen LogP contribution in [-0.4, -0.2) is 29.6 Å². The van der Waals surface area contributed by atoms with Gasteiger partial charge in [-0.25, -0.2) is 4.79 Å². The Morgan fingerprint density at radius 3 is 2.60 bits per heavy atom. The summed E-state index contributed by atoms with van der Waals surface area (Å²) in [7, 11) is 0. The minimum atomic E-state index is -0.829. The van der Waals surface area contributed by atoms with Crippen molar-refractivity contribution >= 4 is 11.9 Å². The molecule has 1 aromatic rings. The number of rotatable bonds is 4. The molecule has 5 nitrogen and oxygen atoms in total. The zero-order valence-corrected chi connectivity index (χ0v) is 8.60. The predicted octanol–water partition coefficient (Wildman–Crippen LogP) is 0.167. The summed E-state index contributed by atoms with van der Waals surface area (Å²) in [4.78, 5) is 22.0. The molecule has 0 spiro atoms. The van der Waals surface area contributed by atoms with E-state index in [2.05, 4.69) is 10.1 Å². The lowest BCUT2D eigenvalue weighted by molar-refractivity contribution is -0.154. The van der Waals surface area contributed by atoms with Gasteiger partial charge in [0.05, 0.1) is 6.61 Å². The van der Waals surface area contributed by atoms with Crippen LogP contribution in [0.4, 0.5) is 0 Å². The second-order valence-corrected chi connectivity index (χ2v) is 2.90. The van der Waals surface area contributed by atoms with E-state index in [1.165, 1.54) is 0 Å². The lowest BCUT2D eigenvalue weighted by Gasteiger charge is -2.05. The van der Waals surface area contributed by atoms with Gasteiger partial charge in [-0.05, 0) is 19.1 Å². The molecule has 0 saturated heterocycles. The van der Waals surface area contributed by atoms with Gasteiger partial charge in [-0.3, -0.25) is 4.79 Å². The number of ether oxygens (including phenoxy) is 1. The Morgan fingerprint density at radius 1 is 1.33 bits per heavy atom. The van der Waals surface area contributed by atoms with Gasteiger partial charge in [0.25, 0.3) is 0 Å². The third kappa shape index (κ3) is 3.84. The van der Waals surface area contributed by atoms with E-state index in [-0.39, 0.29) is 6.61 Å². The zero-order chi connectivity index (χ0) is 11.1. The highest BCUT2D eigenvalue weighted by Crippen LogP contribution is 1.88. The molecule has 0 atom stereocenters. The molecule has 5 heteroatoms. The van der Waals surface area contributed by atoms with Gasteiger partial charge in [0.2, 0.25) is 0 Å². The maximum atomic E-state index is 11.1. The quantitative estimate of drug-likeness (QED) is 0.569. The van der Waals surface area contributed by atoms with E-state index in [9.17, 15) is 9.59 Å². The number of carbonyl (C=O) groups is 2. The molecular formula is C10H14N2O3. The largest absolute Gasteiger partial charge is 0.459 e. The van der Waals surface area contributed by atoms with Gasteiger partial charge < -0.3 is 14.6 Å². The van der Waals surface area contributed by atoms with Gasteiger partial charge in [-0.15, -0.1) is 0 Å². The van der Waals surface area contributed by atoms with Gasteiger partial charge in [0.15, 0.2) is 0 Å². The molecule has 0 fully saturated rings. The normalized spacial score (nSPS) is 9.67. The summed E-state index contributed by atoms with van der Waals surface area (Å²) in [5.41, 5.74) is 0. The van der Waals surface area contributed by atoms with Crippen LogP contribution in [0.25, 0.3) is 0 Å². The minimum absolute atomic E-state index is 0.212. The first kappa shape index (κ1) is 11.3. The molecule has 1 heterocycles. The minimum Gasteiger partial charge on any atom is -0.459 e. The van der Waals surface area contributed by atoms with Crippen LogP contribution in [0.1, 0.15) is 6.92 Å². The molecule has 0 aliphatic carbocycles. The van der Waals surface area contributed by atoms with E-state index in [1.54, 1.807) is 6.92 Å². The van der Waals surface area contributed by atoms with Crippen molar-refractivity contribution in [3.05, 3.63) is 24.5 Å². The fourth-order valence-corrected chi connectivity index (χ4v) is 1.09. The van der Waals surface area contributed by atoms with Crippen LogP contribution in [0.3, 0.4) is 0 Å². The highest BCUT2D eigenvalue weighted by molar-refractivity contribution is 6.32. The van der Waals surface area contributed by atoms with Crippen molar-refractivity contribution in [2.45, 2.75) is 13.5 Å². The first-order valence-electron chi connectivity index (χ1n) is 4.79. The first-order valence-corrected chi connectivity index (χ1v) is 4.79. The standard InChI is InChI=1S/C10H14N2O3/c1-2-15-10(14)9(13)11-5-8-12-6-3-4-7-12/h3-4,6-7H,2,5,8H2,1H3,(H,11,13). The summed E-state index contributed by atoms with van der Waals surface area (Å²) in [6.45, 7) is 2.92. The number of hydrogen-bond acceptors (Lipinski definition) is 3. The SMILES string of the molecule is CCOC(=O)C(=O)NCCn1cccc1. The smallest absolute Gasteiger partial charge is 0.396 e. The van der Waals surface area contributed by atoms with Crippen LogP contribution in [0.5, 0.6) is 0 Å². The average Bonchev–Trinajstić information content (AvgIpc) is 2.71. The molecule has 0 saturated carbocycles. The van der Waals surface area contributed by atoms with Crippen molar-refractivity contribution in [2.24, 2.45) is 0 Å². The second kappa shape index (κ2) is 5.85. The van der Waals surface area contributed by atoms with Crippen LogP contribution >= 0.6 is 0 Å². The number of amides is 1. The summed E-state index contributed by atoms with van der Waals surface area (Å²) < 4.78 is 6.44. The second-order valence-electron chi connectivity index (χ2n) is 2.90. The van der Waals surface area contributed by atoms with Crippen molar-refractivity contribution in [2.75, 3.05) is 13.2 Å². The molecule has 1 rings (SSSR count). The van der Waals surface area contributed by atoms with Gasteiger partial charge in [0.1, 0.15) is 0 Å². The Balaban J connectivity index is 2.20. The predicted molar refractivity (Wildman–Crippen MR) is 54.1 cm³/mol. The number of nitrogens with zero attached hydrogens (tertiary/aromatic N) is 1. The van der Waals surface area contributed by atoms with Crippen LogP contribution < -0.4 is 5.32 Å². The van der Waals surface area contributed by atoms with Crippen LogP contribution in [-0.2, 0) is 20.9 Å². The molecule has 82 valence electrons. The molecule has 15 heavy (non-hydrogen) atoms. The Bertz CT molecular complexity index is 319. The number of esters is 1. The number of nitrogens with one attached hydrogen (secondary N) is 1. The van der Waals surface area contributed by atoms with Crippen LogP contribution in [0, 0.1) is 0 Å². The summed E-state index contributed by atoms with van der Waals surface area (Å²) in [6, 6.07) is 3.79. The topological polar surface area (TPSA) is 60.3 Å². The number of aromatic nitrogens is 1. The fourth-order valence-electron chi connectivity index (χ4n) is 1.09. The molecule has 0 radical (unpaired) electrons. The average molecular weight is 210 g/mol. The molecule has 0 unspecified atom stereocenters. The first-order chi connectivity index (χ1) is 7.24. The van der Waals surface area contributed by atoms with Gasteiger partial charge in [0, 0.05) is 25.5 Å². The Hall–Kier alpha value is -1.78. The molecule has 0 aromatic carbocycles. The van der Waals surface area contributed by atoms with E-state index >= 15 is 0 Å². The Labute approximate surface area is 88.0 Å². The monoisotopic (exact) mass is 210 g/mol. The van der Waals surface area contributed by atoms with Crippen molar-refractivity contribution in [1.82, 2.24) is 9.88 Å². The fraction of sp³-hybridized carbons (Fsp3) is 0.400. The highest BCUT2D eigenvalue weighted by atomic mass is 16.5. The molecule has 1 aromatic heterocycles. The Kier molecular flexibility index (Phi) is 4.40. The molecule has 1 N–H and O–H groups in total. The number of hydrogen-bond donors (Lipinski definition) is 1. The summed E-state index contributed by atoms with van der Waals surface area (Å²) in [6.07, 6.45) is 3.77. The molecular weight excluding hydrogens is 196 g/mol. The summed E-state index contributed by atoms with van der Waals surface area (Å²) in [5, 5.41) is 2.47. The zero-order valence-electron chi connectivity index (χ0n) is 8.60. The van der Waals surface area contributed by atoms with Crippen LogP contribution in [0.15, 0.2) is 24.5 Å². The molecule has 0 bridgehead atoms. The maximum absolute atomic E-state index is 11.1. The Morgan fingerprint density at radius 2 is 2.00 bits per heavy atom. The van der Waals surface area contributed by atoms with Gasteiger partial charge in [-0.2, -0.15) is 0 Å².